The predicted molar refractivity (Wildman–Crippen MR) is 122 cm³/mol. The average Bonchev–Trinajstić information content (AvgIpc) is 2.85. The third-order valence-electron chi connectivity index (χ3n) is 5.90. The molecule has 1 aliphatic carbocycles. The summed E-state index contributed by atoms with van der Waals surface area (Å²) in [5.74, 6) is -0.252. The van der Waals surface area contributed by atoms with Gasteiger partial charge in [-0.3, -0.25) is 14.4 Å². The van der Waals surface area contributed by atoms with E-state index in [9.17, 15) is 19.5 Å². The quantitative estimate of drug-likeness (QED) is 0.482. The fourth-order valence-electron chi connectivity index (χ4n) is 3.94. The molecule has 1 saturated carbocycles. The molecule has 0 heterocycles. The minimum atomic E-state index is -0.714. The van der Waals surface area contributed by atoms with Crippen LogP contribution in [0.1, 0.15) is 47.7 Å². The van der Waals surface area contributed by atoms with Gasteiger partial charge in [-0.25, -0.2) is 0 Å². The van der Waals surface area contributed by atoms with E-state index in [-0.39, 0.29) is 36.7 Å². The molecule has 0 aromatic heterocycles. The van der Waals surface area contributed by atoms with Gasteiger partial charge < -0.3 is 21.1 Å². The molecule has 0 spiro atoms. The summed E-state index contributed by atoms with van der Waals surface area (Å²) in [6.45, 7) is 0.684. The summed E-state index contributed by atoms with van der Waals surface area (Å²) in [5.41, 5.74) is 1.31. The standard InChI is InChI=1S/C25H31N3O4/c29-22(19-7-3-1-4-8-19)16-27-25(32)21-13-11-18(12-14-21)15-26-23(30)17-28-24(31)20-9-5-2-6-10-20/h1-10,18,21-22,29H,11-17H2,(H,26,30)(H,27,32)(H,28,31)/t18?,21?,22-/m1/s1. The highest BCUT2D eigenvalue weighted by molar-refractivity contribution is 5.96. The second kappa shape index (κ2) is 12.0. The number of aliphatic hydroxyl groups excluding tert-OH is 1. The average molecular weight is 438 g/mol. The Morgan fingerprint density at radius 1 is 0.844 bits per heavy atom. The van der Waals surface area contributed by atoms with E-state index in [1.54, 1.807) is 24.3 Å². The Bertz CT molecular complexity index is 881. The molecule has 1 atom stereocenters. The lowest BCUT2D eigenvalue weighted by Gasteiger charge is -2.28. The molecule has 2 aromatic rings. The number of benzene rings is 2. The number of aliphatic hydroxyl groups is 1. The van der Waals surface area contributed by atoms with E-state index in [4.69, 9.17) is 0 Å². The van der Waals surface area contributed by atoms with E-state index >= 15 is 0 Å². The first-order valence-corrected chi connectivity index (χ1v) is 11.1. The number of amides is 3. The van der Waals surface area contributed by atoms with Gasteiger partial charge in [0.25, 0.3) is 5.91 Å². The zero-order valence-corrected chi connectivity index (χ0v) is 18.1. The fraction of sp³-hybridized carbons (Fsp3) is 0.400. The Morgan fingerprint density at radius 2 is 1.47 bits per heavy atom. The smallest absolute Gasteiger partial charge is 0.251 e. The van der Waals surface area contributed by atoms with Crippen LogP contribution in [0.4, 0.5) is 0 Å². The fourth-order valence-corrected chi connectivity index (χ4v) is 3.94. The van der Waals surface area contributed by atoms with E-state index in [1.807, 2.05) is 36.4 Å². The lowest BCUT2D eigenvalue weighted by Crippen LogP contribution is -2.40. The zero-order chi connectivity index (χ0) is 22.8. The minimum Gasteiger partial charge on any atom is -0.387 e. The number of carbonyl (C=O) groups is 3. The first kappa shape index (κ1) is 23.5. The highest BCUT2D eigenvalue weighted by Crippen LogP contribution is 2.28. The van der Waals surface area contributed by atoms with Crippen molar-refractivity contribution < 1.29 is 19.5 Å². The highest BCUT2D eigenvalue weighted by atomic mass is 16.3. The third-order valence-corrected chi connectivity index (χ3v) is 5.90. The minimum absolute atomic E-state index is 0.0221. The Hall–Kier alpha value is -3.19. The van der Waals surface area contributed by atoms with E-state index in [2.05, 4.69) is 16.0 Å². The largest absolute Gasteiger partial charge is 0.387 e. The van der Waals surface area contributed by atoms with Crippen LogP contribution >= 0.6 is 0 Å². The van der Waals surface area contributed by atoms with E-state index in [0.29, 0.717) is 18.0 Å². The molecule has 7 nitrogen and oxygen atoms in total. The van der Waals surface area contributed by atoms with Crippen LogP contribution in [0.2, 0.25) is 0 Å². The summed E-state index contributed by atoms with van der Waals surface area (Å²) in [4.78, 5) is 36.5. The van der Waals surface area contributed by atoms with Crippen LogP contribution in [0.25, 0.3) is 0 Å². The topological polar surface area (TPSA) is 108 Å². The van der Waals surface area contributed by atoms with Crippen molar-refractivity contribution >= 4 is 17.7 Å². The molecule has 32 heavy (non-hydrogen) atoms. The molecule has 7 heteroatoms. The second-order valence-corrected chi connectivity index (χ2v) is 8.24. The van der Waals surface area contributed by atoms with Gasteiger partial charge in [0.1, 0.15) is 0 Å². The van der Waals surface area contributed by atoms with Crippen molar-refractivity contribution in [3.8, 4) is 0 Å². The van der Waals surface area contributed by atoms with Gasteiger partial charge in [-0.05, 0) is 49.3 Å². The molecule has 0 bridgehead atoms. The Morgan fingerprint density at radius 3 is 2.12 bits per heavy atom. The third kappa shape index (κ3) is 7.20. The Kier molecular flexibility index (Phi) is 8.80. The highest BCUT2D eigenvalue weighted by Gasteiger charge is 2.26. The number of hydrogen-bond acceptors (Lipinski definition) is 4. The van der Waals surface area contributed by atoms with Gasteiger partial charge in [0.05, 0.1) is 12.6 Å². The van der Waals surface area contributed by atoms with Crippen LogP contribution in [0.15, 0.2) is 60.7 Å². The molecule has 170 valence electrons. The summed E-state index contributed by atoms with van der Waals surface area (Å²) in [6, 6.07) is 18.1. The molecule has 0 unspecified atom stereocenters. The van der Waals surface area contributed by atoms with Crippen molar-refractivity contribution in [3.63, 3.8) is 0 Å². The van der Waals surface area contributed by atoms with Gasteiger partial charge in [0.15, 0.2) is 0 Å². The van der Waals surface area contributed by atoms with Crippen molar-refractivity contribution in [2.45, 2.75) is 31.8 Å². The Labute approximate surface area is 188 Å². The first-order valence-electron chi connectivity index (χ1n) is 11.1. The van der Waals surface area contributed by atoms with Crippen molar-refractivity contribution in [2.75, 3.05) is 19.6 Å². The van der Waals surface area contributed by atoms with Crippen molar-refractivity contribution in [2.24, 2.45) is 11.8 Å². The lowest BCUT2D eigenvalue weighted by atomic mass is 9.81. The number of rotatable bonds is 9. The van der Waals surface area contributed by atoms with Gasteiger partial charge in [0.2, 0.25) is 11.8 Å². The summed E-state index contributed by atoms with van der Waals surface area (Å²) in [5, 5.41) is 18.5. The molecular formula is C25H31N3O4. The monoisotopic (exact) mass is 437 g/mol. The van der Waals surface area contributed by atoms with E-state index in [1.165, 1.54) is 0 Å². The SMILES string of the molecule is O=C(CNC(=O)c1ccccc1)NCC1CCC(C(=O)NC[C@@H](O)c2ccccc2)CC1. The van der Waals surface area contributed by atoms with Crippen LogP contribution < -0.4 is 16.0 Å². The molecule has 0 saturated heterocycles. The summed E-state index contributed by atoms with van der Waals surface area (Å²) >= 11 is 0. The molecule has 1 fully saturated rings. The molecule has 0 aliphatic heterocycles. The number of nitrogens with one attached hydrogen (secondary N) is 3. The molecule has 0 radical (unpaired) electrons. The maximum Gasteiger partial charge on any atom is 0.251 e. The molecule has 2 aromatic carbocycles. The first-order chi connectivity index (χ1) is 15.5. The van der Waals surface area contributed by atoms with Crippen molar-refractivity contribution in [3.05, 3.63) is 71.8 Å². The Balaban J connectivity index is 1.30. The van der Waals surface area contributed by atoms with Gasteiger partial charge in [-0.2, -0.15) is 0 Å². The molecule has 4 N–H and O–H groups in total. The normalized spacial score (nSPS) is 18.9. The molecule has 1 aliphatic rings. The number of carbonyl (C=O) groups excluding carboxylic acids is 3. The number of hydrogen-bond donors (Lipinski definition) is 4. The zero-order valence-electron chi connectivity index (χ0n) is 18.1. The van der Waals surface area contributed by atoms with Crippen molar-refractivity contribution in [1.82, 2.24) is 16.0 Å². The van der Waals surface area contributed by atoms with Gasteiger partial charge in [0, 0.05) is 24.6 Å². The lowest BCUT2D eigenvalue weighted by molar-refractivity contribution is -0.127. The van der Waals surface area contributed by atoms with Crippen LogP contribution in [0, 0.1) is 11.8 Å². The predicted octanol–water partition coefficient (Wildman–Crippen LogP) is 2.19. The molecular weight excluding hydrogens is 406 g/mol. The summed E-state index contributed by atoms with van der Waals surface area (Å²) in [7, 11) is 0. The van der Waals surface area contributed by atoms with Gasteiger partial charge in [-0.15, -0.1) is 0 Å². The van der Waals surface area contributed by atoms with Crippen LogP contribution in [0.3, 0.4) is 0 Å². The van der Waals surface area contributed by atoms with Gasteiger partial charge in [-0.1, -0.05) is 48.5 Å². The van der Waals surface area contributed by atoms with Crippen molar-refractivity contribution in [1.29, 1.82) is 0 Å². The van der Waals surface area contributed by atoms with Crippen LogP contribution in [-0.2, 0) is 9.59 Å². The van der Waals surface area contributed by atoms with Crippen LogP contribution in [0.5, 0.6) is 0 Å². The summed E-state index contributed by atoms with van der Waals surface area (Å²) in [6.07, 6.45) is 2.53. The van der Waals surface area contributed by atoms with E-state index < -0.39 is 6.10 Å². The van der Waals surface area contributed by atoms with E-state index in [0.717, 1.165) is 31.2 Å². The second-order valence-electron chi connectivity index (χ2n) is 8.24. The molecule has 3 amide bonds. The molecule has 3 rings (SSSR count). The van der Waals surface area contributed by atoms with Crippen LogP contribution in [-0.4, -0.2) is 42.5 Å². The van der Waals surface area contributed by atoms with Gasteiger partial charge >= 0.3 is 0 Å². The summed E-state index contributed by atoms with van der Waals surface area (Å²) < 4.78 is 0. The maximum absolute atomic E-state index is 12.4. The maximum atomic E-state index is 12.4.